The normalized spacial score (nSPS) is 12.0. The van der Waals surface area contributed by atoms with E-state index in [0.717, 1.165) is 11.5 Å². The highest BCUT2D eigenvalue weighted by atomic mass is 28.3. The minimum atomic E-state index is -3.62. The van der Waals surface area contributed by atoms with Crippen LogP contribution in [0.25, 0.3) is 43.1 Å². The van der Waals surface area contributed by atoms with Crippen LogP contribution in [-0.4, -0.2) is 38.4 Å². The van der Waals surface area contributed by atoms with Gasteiger partial charge in [-0.1, -0.05) is 303 Å². The van der Waals surface area contributed by atoms with Crippen molar-refractivity contribution in [3.63, 3.8) is 0 Å². The topological polar surface area (TPSA) is 18.5 Å². The summed E-state index contributed by atoms with van der Waals surface area (Å²) in [5.41, 5.74) is 0. The van der Waals surface area contributed by atoms with Crippen molar-refractivity contribution in [3.05, 3.63) is 328 Å². The largest absolute Gasteiger partial charge is 0.497 e. The van der Waals surface area contributed by atoms with E-state index in [1.54, 1.807) is 14.2 Å². The average Bonchev–Trinajstić information content (AvgIpc) is 1.97. The van der Waals surface area contributed by atoms with E-state index in [-0.39, 0.29) is 0 Å². The number of hydrogen-bond donors (Lipinski definition) is 0. The molecule has 396 valence electrons. The molecule has 0 aliphatic rings. The second-order valence-electron chi connectivity index (χ2n) is 21.6. The Kier molecular flexibility index (Phi) is 13.5. The van der Waals surface area contributed by atoms with E-state index in [4.69, 9.17) is 9.47 Å². The minimum Gasteiger partial charge on any atom is -0.497 e. The fraction of sp³-hybridized carbons (Fsp3) is 0.0256. The Morgan fingerprint density at radius 2 is 0.325 bits per heavy atom. The first-order chi connectivity index (χ1) is 41.1. The Bertz CT molecular complexity index is 4110. The standard InChI is InChI=1S/C78H60O2Si3/c1-79-57-49-53-65(54-50-57)81(59-29-9-3-10-30-59,60-31-11-4-12-32-60)75-67-41-21-25-45-71(67)77(72-46-26-22-42-68(72)75)83(63-37-17-7-18-38-63,64-39-19-8-20-40-64)78-73-47-27-23-43-69(73)76(70-44-24-28-48-74(70)78)82(61-33-13-5-14-34-61,62-35-15-6-16-36-62)66-55-51-58(80-2)52-56-66/h3-56H,1-2H3. The van der Waals surface area contributed by atoms with Gasteiger partial charge in [-0.2, -0.15) is 0 Å². The molecule has 0 aliphatic heterocycles. The molecule has 14 aromatic rings. The fourth-order valence-corrected chi connectivity index (χ4v) is 30.4. The van der Waals surface area contributed by atoms with Crippen molar-refractivity contribution in [2.75, 3.05) is 14.2 Å². The van der Waals surface area contributed by atoms with Crippen molar-refractivity contribution >= 4 is 130 Å². The van der Waals surface area contributed by atoms with Crippen LogP contribution in [0, 0.1) is 0 Å². The molecule has 0 saturated carbocycles. The third-order valence-electron chi connectivity index (χ3n) is 17.6. The van der Waals surface area contributed by atoms with E-state index < -0.39 is 24.2 Å². The highest BCUT2D eigenvalue weighted by molar-refractivity contribution is 7.26. The van der Waals surface area contributed by atoms with Gasteiger partial charge in [0.1, 0.15) is 11.5 Å². The summed E-state index contributed by atoms with van der Waals surface area (Å²) in [5.74, 6) is 1.68. The summed E-state index contributed by atoms with van der Waals surface area (Å²) in [5, 5.41) is 26.2. The molecule has 83 heavy (non-hydrogen) atoms. The molecule has 0 unspecified atom stereocenters. The maximum atomic E-state index is 5.90. The van der Waals surface area contributed by atoms with Crippen LogP contribution < -0.4 is 71.7 Å². The number of rotatable bonds is 14. The molecule has 0 fully saturated rings. The SMILES string of the molecule is COc1ccc([Si](c2ccccc2)(c2ccccc2)c2c3ccccc3c([Si](c3ccccc3)(c3ccccc3)c3c4ccccc4c([Si](c4ccccc4)(c4ccccc4)c4ccc(OC)cc4)c4ccccc34)c3ccccc23)cc1. The van der Waals surface area contributed by atoms with Crippen molar-refractivity contribution in [2.24, 2.45) is 0 Å². The molecule has 14 rings (SSSR count). The van der Waals surface area contributed by atoms with Gasteiger partial charge in [0.05, 0.1) is 14.2 Å². The summed E-state index contributed by atoms with van der Waals surface area (Å²) in [6.07, 6.45) is 0. The van der Waals surface area contributed by atoms with Crippen molar-refractivity contribution in [1.29, 1.82) is 0 Å². The molecular weight excluding hydrogens is 1050 g/mol. The monoisotopic (exact) mass is 1110 g/mol. The first kappa shape index (κ1) is 51.5. The molecule has 0 bridgehead atoms. The average molecular weight is 1110 g/mol. The van der Waals surface area contributed by atoms with Crippen molar-refractivity contribution in [1.82, 2.24) is 0 Å². The Balaban J connectivity index is 1.22. The zero-order valence-corrected chi connectivity index (χ0v) is 49.5. The van der Waals surface area contributed by atoms with E-state index >= 15 is 0 Å². The van der Waals surface area contributed by atoms with Gasteiger partial charge < -0.3 is 9.47 Å². The van der Waals surface area contributed by atoms with Crippen LogP contribution in [0.1, 0.15) is 0 Å². The zero-order valence-electron chi connectivity index (χ0n) is 46.5. The van der Waals surface area contributed by atoms with Gasteiger partial charge in [0.2, 0.25) is 0 Å². The number of benzene rings is 14. The number of hydrogen-bond acceptors (Lipinski definition) is 2. The lowest BCUT2D eigenvalue weighted by atomic mass is 10.0. The molecule has 0 amide bonds. The third-order valence-corrected chi connectivity index (χ3v) is 32.4. The lowest BCUT2D eigenvalue weighted by Crippen LogP contribution is -2.78. The zero-order chi connectivity index (χ0) is 55.8. The lowest BCUT2D eigenvalue weighted by Gasteiger charge is -2.42. The van der Waals surface area contributed by atoms with E-state index in [1.165, 1.54) is 105 Å². The minimum absolute atomic E-state index is 0.839. The maximum absolute atomic E-state index is 5.90. The van der Waals surface area contributed by atoms with Gasteiger partial charge in [-0.25, -0.2) is 0 Å². The van der Waals surface area contributed by atoms with Crippen LogP contribution in [0.4, 0.5) is 0 Å². The van der Waals surface area contributed by atoms with Crippen LogP contribution >= 0.6 is 0 Å². The van der Waals surface area contributed by atoms with Crippen LogP contribution in [-0.2, 0) is 0 Å². The molecule has 0 saturated heterocycles. The lowest BCUT2D eigenvalue weighted by molar-refractivity contribution is 0.415. The van der Waals surface area contributed by atoms with Gasteiger partial charge in [-0.15, -0.1) is 0 Å². The molecule has 0 aliphatic carbocycles. The van der Waals surface area contributed by atoms with E-state index in [0.29, 0.717) is 0 Å². The van der Waals surface area contributed by atoms with Crippen LogP contribution in [0.3, 0.4) is 0 Å². The van der Waals surface area contributed by atoms with Crippen LogP contribution in [0.5, 0.6) is 11.5 Å². The smallest absolute Gasteiger partial charge is 0.182 e. The Hall–Kier alpha value is -9.63. The van der Waals surface area contributed by atoms with Crippen molar-refractivity contribution in [3.8, 4) is 11.5 Å². The van der Waals surface area contributed by atoms with Gasteiger partial charge >= 0.3 is 0 Å². The summed E-state index contributed by atoms with van der Waals surface area (Å²) in [6.45, 7) is 0. The third kappa shape index (κ3) is 8.10. The summed E-state index contributed by atoms with van der Waals surface area (Å²) >= 11 is 0. The number of ether oxygens (including phenoxy) is 2. The van der Waals surface area contributed by atoms with E-state index in [2.05, 4.69) is 328 Å². The molecule has 0 atom stereocenters. The van der Waals surface area contributed by atoms with Crippen molar-refractivity contribution in [2.45, 2.75) is 0 Å². The molecule has 0 spiro atoms. The first-order valence-corrected chi connectivity index (χ1v) is 34.6. The van der Waals surface area contributed by atoms with Gasteiger partial charge in [-0.05, 0) is 130 Å². The summed E-state index contributed by atoms with van der Waals surface area (Å²) in [6, 6.07) is 125. The fourth-order valence-electron chi connectivity index (χ4n) is 14.4. The second-order valence-corrected chi connectivity index (χ2v) is 32.7. The molecule has 2 nitrogen and oxygen atoms in total. The second kappa shape index (κ2) is 21.7. The van der Waals surface area contributed by atoms with Gasteiger partial charge in [0.15, 0.2) is 24.2 Å². The molecule has 0 N–H and O–H groups in total. The Morgan fingerprint density at radius 1 is 0.169 bits per heavy atom. The van der Waals surface area contributed by atoms with Gasteiger partial charge in [0, 0.05) is 0 Å². The van der Waals surface area contributed by atoms with E-state index in [9.17, 15) is 0 Å². The predicted molar refractivity (Wildman–Crippen MR) is 360 cm³/mol. The van der Waals surface area contributed by atoms with Crippen molar-refractivity contribution < 1.29 is 9.47 Å². The molecule has 0 aromatic heterocycles. The highest BCUT2D eigenvalue weighted by Crippen LogP contribution is 2.33. The summed E-state index contributed by atoms with van der Waals surface area (Å²) in [4.78, 5) is 0. The first-order valence-electron chi connectivity index (χ1n) is 28.6. The molecule has 5 heteroatoms. The number of methoxy groups -OCH3 is 2. The maximum Gasteiger partial charge on any atom is 0.182 e. The van der Waals surface area contributed by atoms with Gasteiger partial charge in [0.25, 0.3) is 0 Å². The van der Waals surface area contributed by atoms with Crippen LogP contribution in [0.2, 0.25) is 0 Å². The molecular formula is C78H60O2Si3. The highest BCUT2D eigenvalue weighted by Gasteiger charge is 2.51. The van der Waals surface area contributed by atoms with Crippen LogP contribution in [0.15, 0.2) is 328 Å². The summed E-state index contributed by atoms with van der Waals surface area (Å²) in [7, 11) is -6.60. The van der Waals surface area contributed by atoms with E-state index in [1.807, 2.05) is 0 Å². The molecule has 14 aromatic carbocycles. The van der Waals surface area contributed by atoms with Gasteiger partial charge in [-0.3, -0.25) is 0 Å². The quantitative estimate of drug-likeness (QED) is 0.0614. The molecule has 0 radical (unpaired) electrons. The molecule has 0 heterocycles. The summed E-state index contributed by atoms with van der Waals surface area (Å²) < 4.78 is 11.8. The Labute approximate surface area is 489 Å². The number of fused-ring (bicyclic) bond motifs is 4. The Morgan fingerprint density at radius 3 is 0.518 bits per heavy atom. The predicted octanol–water partition coefficient (Wildman–Crippen LogP) is 10.4.